The molecular formula is C45H29N5. The minimum Gasteiger partial charge on any atom is -0.309 e. The van der Waals surface area contributed by atoms with Gasteiger partial charge in [-0.3, -0.25) is 0 Å². The summed E-state index contributed by atoms with van der Waals surface area (Å²) in [6.07, 6.45) is 0. The molecule has 5 nitrogen and oxygen atoms in total. The number of rotatable bonds is 5. The first-order valence-electron chi connectivity index (χ1n) is 16.8. The number of benzene rings is 7. The highest BCUT2D eigenvalue weighted by molar-refractivity contribution is 6.28. The molecule has 0 fully saturated rings. The lowest BCUT2D eigenvalue weighted by Crippen LogP contribution is -2.01. The topological polar surface area (TPSA) is 48.5 Å². The maximum atomic E-state index is 5.02. The Morgan fingerprint density at radius 2 is 0.700 bits per heavy atom. The predicted molar refractivity (Wildman–Crippen MR) is 205 cm³/mol. The van der Waals surface area contributed by atoms with Crippen LogP contribution in [0.3, 0.4) is 0 Å². The van der Waals surface area contributed by atoms with E-state index in [1.54, 1.807) is 0 Å². The van der Waals surface area contributed by atoms with Crippen LogP contribution in [0.2, 0.25) is 0 Å². The third kappa shape index (κ3) is 4.45. The molecule has 0 aliphatic heterocycles. The van der Waals surface area contributed by atoms with Crippen molar-refractivity contribution in [1.82, 2.24) is 24.1 Å². The highest BCUT2D eigenvalue weighted by atomic mass is 15.0. The second-order valence-corrected chi connectivity index (χ2v) is 12.5. The Morgan fingerprint density at radius 3 is 1.24 bits per heavy atom. The van der Waals surface area contributed by atoms with Crippen molar-refractivity contribution < 1.29 is 0 Å². The summed E-state index contributed by atoms with van der Waals surface area (Å²) < 4.78 is 4.76. The Bertz CT molecular complexity index is 2800. The van der Waals surface area contributed by atoms with Gasteiger partial charge in [-0.2, -0.15) is 0 Å². The fourth-order valence-corrected chi connectivity index (χ4v) is 7.37. The first-order valence-corrected chi connectivity index (χ1v) is 16.8. The van der Waals surface area contributed by atoms with Crippen molar-refractivity contribution in [3.63, 3.8) is 0 Å². The van der Waals surface area contributed by atoms with Gasteiger partial charge in [-0.1, -0.05) is 127 Å². The van der Waals surface area contributed by atoms with Crippen molar-refractivity contribution in [2.75, 3.05) is 0 Å². The second kappa shape index (κ2) is 11.4. The molecule has 0 N–H and O–H groups in total. The zero-order valence-electron chi connectivity index (χ0n) is 27.0. The van der Waals surface area contributed by atoms with Crippen LogP contribution in [-0.2, 0) is 0 Å². The number of aromatic nitrogens is 5. The molecule has 10 rings (SSSR count). The van der Waals surface area contributed by atoms with Gasteiger partial charge in [0.15, 0.2) is 17.5 Å². The Labute approximate surface area is 288 Å². The summed E-state index contributed by atoms with van der Waals surface area (Å²) in [6, 6.07) is 61.4. The molecule has 0 spiro atoms. The van der Waals surface area contributed by atoms with Crippen LogP contribution in [0.1, 0.15) is 0 Å². The standard InChI is InChI=1S/C45H29N5/c1-4-15-30(16-5-1)43-46-44(31-17-6-2-7-18-31)48-45(47-43)32-19-14-22-34(29-32)50-38-26-13-11-24-36(38)42-40(50)28-27-39-41(42)35-23-10-12-25-37(35)49(39)33-20-8-3-9-21-33/h1-29H. The third-order valence-electron chi connectivity index (χ3n) is 9.55. The molecule has 0 saturated heterocycles. The molecule has 234 valence electrons. The van der Waals surface area contributed by atoms with Gasteiger partial charge in [0.05, 0.1) is 22.1 Å². The van der Waals surface area contributed by atoms with Crippen LogP contribution >= 0.6 is 0 Å². The fourth-order valence-electron chi connectivity index (χ4n) is 7.37. The molecule has 50 heavy (non-hydrogen) atoms. The Kier molecular flexibility index (Phi) is 6.42. The first kappa shape index (κ1) is 28.2. The van der Waals surface area contributed by atoms with E-state index in [9.17, 15) is 0 Å². The fraction of sp³-hybridized carbons (Fsp3) is 0. The molecular weight excluding hydrogens is 611 g/mol. The van der Waals surface area contributed by atoms with E-state index in [0.29, 0.717) is 17.5 Å². The van der Waals surface area contributed by atoms with Gasteiger partial charge in [0.25, 0.3) is 0 Å². The van der Waals surface area contributed by atoms with Gasteiger partial charge in [-0.15, -0.1) is 0 Å². The normalized spacial score (nSPS) is 11.6. The number of fused-ring (bicyclic) bond motifs is 7. The van der Waals surface area contributed by atoms with Crippen molar-refractivity contribution in [2.24, 2.45) is 0 Å². The maximum absolute atomic E-state index is 5.02. The van der Waals surface area contributed by atoms with Gasteiger partial charge in [0.1, 0.15) is 0 Å². The van der Waals surface area contributed by atoms with Crippen molar-refractivity contribution in [2.45, 2.75) is 0 Å². The molecule has 0 bridgehead atoms. The first-order chi connectivity index (χ1) is 24.8. The van der Waals surface area contributed by atoms with E-state index in [1.807, 2.05) is 60.7 Å². The summed E-state index contributed by atoms with van der Waals surface area (Å²) in [5.74, 6) is 1.93. The summed E-state index contributed by atoms with van der Waals surface area (Å²) >= 11 is 0. The van der Waals surface area contributed by atoms with Crippen LogP contribution in [0.15, 0.2) is 176 Å². The molecule has 3 aromatic heterocycles. The van der Waals surface area contributed by atoms with Gasteiger partial charge in [0.2, 0.25) is 0 Å². The van der Waals surface area contributed by atoms with E-state index >= 15 is 0 Å². The molecule has 0 amide bonds. The van der Waals surface area contributed by atoms with E-state index in [-0.39, 0.29) is 0 Å². The zero-order chi connectivity index (χ0) is 33.0. The van der Waals surface area contributed by atoms with Gasteiger partial charge in [-0.25, -0.2) is 15.0 Å². The van der Waals surface area contributed by atoms with Gasteiger partial charge < -0.3 is 9.13 Å². The molecule has 0 aliphatic rings. The molecule has 0 saturated carbocycles. The molecule has 0 atom stereocenters. The highest BCUT2D eigenvalue weighted by Crippen LogP contribution is 2.42. The van der Waals surface area contributed by atoms with Gasteiger partial charge in [-0.05, 0) is 48.5 Å². The summed E-state index contributed by atoms with van der Waals surface area (Å²) in [5.41, 5.74) is 9.70. The Balaban J connectivity index is 1.22. The minimum atomic E-state index is 0.633. The summed E-state index contributed by atoms with van der Waals surface area (Å²) in [7, 11) is 0. The summed E-state index contributed by atoms with van der Waals surface area (Å²) in [5, 5.41) is 4.95. The Hall–Kier alpha value is -6.85. The van der Waals surface area contributed by atoms with E-state index in [0.717, 1.165) is 39.1 Å². The van der Waals surface area contributed by atoms with Crippen molar-refractivity contribution >= 4 is 43.6 Å². The SMILES string of the molecule is c1ccc(-c2nc(-c3ccccc3)nc(-c3cccc(-n4c5ccccc5c5c6c7ccccc7n(-c7ccccc7)c6ccc54)c3)n2)cc1. The van der Waals surface area contributed by atoms with E-state index < -0.39 is 0 Å². The molecule has 0 radical (unpaired) electrons. The monoisotopic (exact) mass is 639 g/mol. The van der Waals surface area contributed by atoms with Crippen LogP contribution in [-0.4, -0.2) is 24.1 Å². The number of para-hydroxylation sites is 3. The minimum absolute atomic E-state index is 0.633. The molecule has 0 aliphatic carbocycles. The van der Waals surface area contributed by atoms with Crippen LogP contribution in [0, 0.1) is 0 Å². The Morgan fingerprint density at radius 1 is 0.300 bits per heavy atom. The van der Waals surface area contributed by atoms with E-state index in [4.69, 9.17) is 15.0 Å². The number of nitrogens with zero attached hydrogens (tertiary/aromatic N) is 5. The van der Waals surface area contributed by atoms with Crippen LogP contribution in [0.5, 0.6) is 0 Å². The number of hydrogen-bond donors (Lipinski definition) is 0. The van der Waals surface area contributed by atoms with Crippen LogP contribution in [0.4, 0.5) is 0 Å². The summed E-state index contributed by atoms with van der Waals surface area (Å²) in [6.45, 7) is 0. The van der Waals surface area contributed by atoms with Gasteiger partial charge in [0, 0.05) is 49.6 Å². The van der Waals surface area contributed by atoms with Crippen molar-refractivity contribution in [3.05, 3.63) is 176 Å². The smallest absolute Gasteiger partial charge is 0.164 e. The highest BCUT2D eigenvalue weighted by Gasteiger charge is 2.21. The lowest BCUT2D eigenvalue weighted by Gasteiger charge is -2.12. The second-order valence-electron chi connectivity index (χ2n) is 12.5. The maximum Gasteiger partial charge on any atom is 0.164 e. The quantitative estimate of drug-likeness (QED) is 0.188. The van der Waals surface area contributed by atoms with Crippen LogP contribution in [0.25, 0.3) is 89.2 Å². The average molecular weight is 640 g/mol. The molecule has 7 aromatic carbocycles. The largest absolute Gasteiger partial charge is 0.309 e. The van der Waals surface area contributed by atoms with Crippen LogP contribution < -0.4 is 0 Å². The van der Waals surface area contributed by atoms with E-state index in [2.05, 4.69) is 124 Å². The van der Waals surface area contributed by atoms with Crippen molar-refractivity contribution in [1.29, 1.82) is 0 Å². The third-order valence-corrected chi connectivity index (χ3v) is 9.55. The molecule has 0 unspecified atom stereocenters. The average Bonchev–Trinajstić information content (AvgIpc) is 3.72. The molecule has 10 aromatic rings. The van der Waals surface area contributed by atoms with Crippen molar-refractivity contribution in [3.8, 4) is 45.5 Å². The lowest BCUT2D eigenvalue weighted by molar-refractivity contribution is 1.07. The summed E-state index contributed by atoms with van der Waals surface area (Å²) in [4.78, 5) is 14.9. The van der Waals surface area contributed by atoms with E-state index in [1.165, 1.54) is 32.6 Å². The lowest BCUT2D eigenvalue weighted by atomic mass is 10.1. The number of hydrogen-bond acceptors (Lipinski definition) is 3. The molecule has 5 heteroatoms. The molecule has 3 heterocycles. The predicted octanol–water partition coefficient (Wildman–Crippen LogP) is 11.1. The zero-order valence-corrected chi connectivity index (χ0v) is 27.0. The van der Waals surface area contributed by atoms with Gasteiger partial charge >= 0.3 is 0 Å².